The van der Waals surface area contributed by atoms with Crippen molar-refractivity contribution >= 4 is 46.7 Å². The van der Waals surface area contributed by atoms with E-state index in [1.54, 1.807) is 30.3 Å². The first-order valence-corrected chi connectivity index (χ1v) is 7.54. The van der Waals surface area contributed by atoms with Gasteiger partial charge in [0.1, 0.15) is 0 Å². The molecule has 0 fully saturated rings. The summed E-state index contributed by atoms with van der Waals surface area (Å²) in [4.78, 5) is 0. The molecule has 0 amide bonds. The lowest BCUT2D eigenvalue weighted by Gasteiger charge is -2.08. The quantitative estimate of drug-likeness (QED) is 0.570. The minimum Gasteiger partial charge on any atom is -0.504 e. The topological polar surface area (TPSA) is 53.8 Å². The molecule has 0 unspecified atom stereocenters. The third-order valence-corrected chi connectivity index (χ3v) is 3.53. The van der Waals surface area contributed by atoms with Gasteiger partial charge in [0.2, 0.25) is 0 Å². The van der Waals surface area contributed by atoms with Gasteiger partial charge in [0.05, 0.1) is 28.6 Å². The molecule has 2 N–H and O–H groups in total. The summed E-state index contributed by atoms with van der Waals surface area (Å²) in [7, 11) is 0. The molecule has 0 aliphatic heterocycles. The standard InChI is InChI=1S/C15H13Cl3N2O2/c1-2-22-13-5-3-4-9(15(13)21)8-19-20-14-11(17)6-10(16)7-12(14)18/h3-8,20-21H,2H2,1H3/b19-8+. The van der Waals surface area contributed by atoms with Gasteiger partial charge >= 0.3 is 0 Å². The fourth-order valence-electron chi connectivity index (χ4n) is 1.73. The molecule has 0 radical (unpaired) electrons. The summed E-state index contributed by atoms with van der Waals surface area (Å²) >= 11 is 17.9. The highest BCUT2D eigenvalue weighted by molar-refractivity contribution is 6.41. The summed E-state index contributed by atoms with van der Waals surface area (Å²) in [5.74, 6) is 0.414. The Kier molecular flexibility index (Phi) is 5.77. The van der Waals surface area contributed by atoms with E-state index in [0.29, 0.717) is 38.7 Å². The minimum absolute atomic E-state index is 0.0169. The number of phenolic OH excluding ortho intramolecular Hbond substituents is 1. The van der Waals surface area contributed by atoms with Crippen LogP contribution in [-0.4, -0.2) is 17.9 Å². The van der Waals surface area contributed by atoms with Crippen molar-refractivity contribution in [2.24, 2.45) is 5.10 Å². The van der Waals surface area contributed by atoms with Crippen LogP contribution in [0.2, 0.25) is 15.1 Å². The lowest BCUT2D eigenvalue weighted by molar-refractivity contribution is 0.318. The summed E-state index contributed by atoms with van der Waals surface area (Å²) in [5.41, 5.74) is 3.66. The van der Waals surface area contributed by atoms with E-state index in [2.05, 4.69) is 10.5 Å². The van der Waals surface area contributed by atoms with Crippen LogP contribution in [0.5, 0.6) is 11.5 Å². The van der Waals surface area contributed by atoms with E-state index in [-0.39, 0.29) is 5.75 Å². The lowest BCUT2D eigenvalue weighted by atomic mass is 10.2. The molecule has 0 aromatic heterocycles. The first-order chi connectivity index (χ1) is 10.5. The van der Waals surface area contributed by atoms with Crippen LogP contribution in [-0.2, 0) is 0 Å². The Hall–Kier alpha value is -1.62. The number of nitrogens with one attached hydrogen (secondary N) is 1. The minimum atomic E-state index is 0.0169. The first-order valence-electron chi connectivity index (χ1n) is 6.41. The Bertz CT molecular complexity index is 682. The Morgan fingerprint density at radius 1 is 1.23 bits per heavy atom. The number of halogens is 3. The van der Waals surface area contributed by atoms with Crippen molar-refractivity contribution in [2.75, 3.05) is 12.0 Å². The summed E-state index contributed by atoms with van der Waals surface area (Å²) in [6.07, 6.45) is 1.44. The molecule has 0 aliphatic carbocycles. The van der Waals surface area contributed by atoms with Crippen molar-refractivity contribution in [3.63, 3.8) is 0 Å². The zero-order chi connectivity index (χ0) is 16.1. The van der Waals surface area contributed by atoms with Gasteiger partial charge in [-0.3, -0.25) is 5.43 Å². The van der Waals surface area contributed by atoms with Crippen LogP contribution >= 0.6 is 34.8 Å². The van der Waals surface area contributed by atoms with Gasteiger partial charge in [-0.15, -0.1) is 0 Å². The van der Waals surface area contributed by atoms with E-state index in [1.807, 2.05) is 6.92 Å². The number of ether oxygens (including phenoxy) is 1. The van der Waals surface area contributed by atoms with Crippen molar-refractivity contribution < 1.29 is 9.84 Å². The molecule has 0 spiro atoms. The fraction of sp³-hybridized carbons (Fsp3) is 0.133. The number of phenols is 1. The average molecular weight is 360 g/mol. The van der Waals surface area contributed by atoms with Crippen LogP contribution in [0.25, 0.3) is 0 Å². The van der Waals surface area contributed by atoms with E-state index in [0.717, 1.165) is 0 Å². The van der Waals surface area contributed by atoms with E-state index in [4.69, 9.17) is 39.5 Å². The number of rotatable bonds is 5. The molecule has 0 saturated carbocycles. The highest BCUT2D eigenvalue weighted by Crippen LogP contribution is 2.34. The Morgan fingerprint density at radius 2 is 1.91 bits per heavy atom. The molecule has 7 heteroatoms. The molecule has 0 atom stereocenters. The SMILES string of the molecule is CCOc1cccc(/C=N/Nc2c(Cl)cc(Cl)cc2Cl)c1O. The van der Waals surface area contributed by atoms with Crippen molar-refractivity contribution in [1.29, 1.82) is 0 Å². The number of benzene rings is 2. The second-order valence-corrected chi connectivity index (χ2v) is 5.49. The summed E-state index contributed by atoms with van der Waals surface area (Å²) in [6, 6.07) is 8.25. The molecule has 0 heterocycles. The van der Waals surface area contributed by atoms with E-state index in [1.165, 1.54) is 6.21 Å². The molecular formula is C15H13Cl3N2O2. The van der Waals surface area contributed by atoms with Crippen LogP contribution in [0.1, 0.15) is 12.5 Å². The zero-order valence-electron chi connectivity index (χ0n) is 11.6. The van der Waals surface area contributed by atoms with Crippen LogP contribution in [0.4, 0.5) is 5.69 Å². The molecule has 0 bridgehead atoms. The summed E-state index contributed by atoms with van der Waals surface area (Å²) in [5, 5.41) is 15.2. The number of hydrogen-bond acceptors (Lipinski definition) is 4. The fourth-order valence-corrected chi connectivity index (χ4v) is 2.63. The van der Waals surface area contributed by atoms with Gasteiger partial charge in [-0.25, -0.2) is 0 Å². The molecule has 22 heavy (non-hydrogen) atoms. The monoisotopic (exact) mass is 358 g/mol. The van der Waals surface area contributed by atoms with Crippen LogP contribution in [0.15, 0.2) is 35.4 Å². The number of nitrogens with zero attached hydrogens (tertiary/aromatic N) is 1. The van der Waals surface area contributed by atoms with Gasteiger partial charge in [-0.1, -0.05) is 40.9 Å². The number of hydrogen-bond donors (Lipinski definition) is 2. The van der Waals surface area contributed by atoms with Crippen molar-refractivity contribution in [2.45, 2.75) is 6.92 Å². The maximum Gasteiger partial charge on any atom is 0.166 e. The maximum atomic E-state index is 10.0. The molecule has 2 aromatic carbocycles. The number of para-hydroxylation sites is 1. The summed E-state index contributed by atoms with van der Waals surface area (Å²) in [6.45, 7) is 2.30. The highest BCUT2D eigenvalue weighted by atomic mass is 35.5. The van der Waals surface area contributed by atoms with E-state index < -0.39 is 0 Å². The smallest absolute Gasteiger partial charge is 0.166 e. The molecule has 2 rings (SSSR count). The molecule has 0 saturated heterocycles. The maximum absolute atomic E-state index is 10.0. The van der Waals surface area contributed by atoms with Gasteiger partial charge < -0.3 is 9.84 Å². The zero-order valence-corrected chi connectivity index (χ0v) is 13.9. The average Bonchev–Trinajstić information content (AvgIpc) is 2.45. The predicted octanol–water partition coefficient (Wildman–Crippen LogP) is 5.20. The van der Waals surface area contributed by atoms with Crippen molar-refractivity contribution in [3.05, 3.63) is 51.0 Å². The lowest BCUT2D eigenvalue weighted by Crippen LogP contribution is -1.96. The number of aromatic hydroxyl groups is 1. The van der Waals surface area contributed by atoms with E-state index >= 15 is 0 Å². The number of anilines is 1. The Balaban J connectivity index is 2.19. The third kappa shape index (κ3) is 3.97. The largest absolute Gasteiger partial charge is 0.504 e. The van der Waals surface area contributed by atoms with Gasteiger partial charge in [-0.2, -0.15) is 5.10 Å². The van der Waals surface area contributed by atoms with E-state index in [9.17, 15) is 5.11 Å². The third-order valence-electron chi connectivity index (χ3n) is 2.72. The normalized spacial score (nSPS) is 10.9. The van der Waals surface area contributed by atoms with Crippen molar-refractivity contribution in [1.82, 2.24) is 0 Å². The van der Waals surface area contributed by atoms with Gasteiger partial charge in [-0.05, 0) is 31.2 Å². The molecular weight excluding hydrogens is 347 g/mol. The second kappa shape index (κ2) is 7.58. The Morgan fingerprint density at radius 3 is 2.55 bits per heavy atom. The highest BCUT2D eigenvalue weighted by Gasteiger charge is 2.08. The first kappa shape index (κ1) is 16.7. The van der Waals surface area contributed by atoms with Crippen LogP contribution in [0, 0.1) is 0 Å². The molecule has 116 valence electrons. The van der Waals surface area contributed by atoms with Crippen LogP contribution in [0.3, 0.4) is 0 Å². The second-order valence-electron chi connectivity index (χ2n) is 4.24. The van der Waals surface area contributed by atoms with Gasteiger partial charge in [0, 0.05) is 10.6 Å². The predicted molar refractivity (Wildman–Crippen MR) is 92.0 cm³/mol. The molecule has 2 aromatic rings. The van der Waals surface area contributed by atoms with Gasteiger partial charge in [0.25, 0.3) is 0 Å². The summed E-state index contributed by atoms with van der Waals surface area (Å²) < 4.78 is 5.30. The van der Waals surface area contributed by atoms with Gasteiger partial charge in [0.15, 0.2) is 11.5 Å². The van der Waals surface area contributed by atoms with Crippen LogP contribution < -0.4 is 10.2 Å². The van der Waals surface area contributed by atoms with Crippen molar-refractivity contribution in [3.8, 4) is 11.5 Å². The molecule has 4 nitrogen and oxygen atoms in total. The number of hydrazone groups is 1. The molecule has 0 aliphatic rings. The Labute approximate surface area is 143 Å².